The van der Waals surface area contributed by atoms with Crippen LogP contribution in [0.4, 0.5) is 0 Å². The zero-order chi connectivity index (χ0) is 25.2. The number of hydrogen-bond acceptors (Lipinski definition) is 3. The number of nitrogens with zero attached hydrogens (tertiary/aromatic N) is 3. The fourth-order valence-electron chi connectivity index (χ4n) is 7.11. The molecule has 3 aliphatic heterocycles. The smallest absolute Gasteiger partial charge is 0.0988 e. The minimum Gasteiger partial charge on any atom is -0.371 e. The largest absolute Gasteiger partial charge is 0.371 e. The molecule has 0 saturated carbocycles. The van der Waals surface area contributed by atoms with Crippen LogP contribution in [0.15, 0.2) is 72.8 Å². The number of aromatic nitrogens is 3. The Morgan fingerprint density at radius 2 is 0.744 bits per heavy atom. The predicted molar refractivity (Wildman–Crippen MR) is 155 cm³/mol. The highest BCUT2D eigenvalue weighted by molar-refractivity contribution is 6.39. The molecule has 3 saturated heterocycles. The van der Waals surface area contributed by atoms with E-state index in [4.69, 9.17) is 14.2 Å². The second kappa shape index (κ2) is 7.42. The lowest BCUT2D eigenvalue weighted by Crippen LogP contribution is -2.06. The first-order chi connectivity index (χ1) is 19.3. The summed E-state index contributed by atoms with van der Waals surface area (Å²) >= 11 is 0. The number of hydrogen-bond donors (Lipinski definition) is 0. The van der Waals surface area contributed by atoms with E-state index >= 15 is 0 Å². The van der Waals surface area contributed by atoms with Gasteiger partial charge in [-0.05, 0) is 18.2 Å². The van der Waals surface area contributed by atoms with E-state index in [1.807, 2.05) is 0 Å². The van der Waals surface area contributed by atoms with Crippen molar-refractivity contribution in [2.75, 3.05) is 19.8 Å². The van der Waals surface area contributed by atoms with E-state index in [0.29, 0.717) is 0 Å². The first kappa shape index (κ1) is 21.0. The number of epoxide rings is 3. The summed E-state index contributed by atoms with van der Waals surface area (Å²) in [5.41, 5.74) is 7.79. The van der Waals surface area contributed by atoms with E-state index in [-0.39, 0.29) is 18.3 Å². The Bertz CT molecular complexity index is 1860. The van der Waals surface area contributed by atoms with Crippen molar-refractivity contribution in [1.29, 1.82) is 0 Å². The Hall–Kier alpha value is -3.84. The van der Waals surface area contributed by atoms with Gasteiger partial charge < -0.3 is 27.9 Å². The monoisotopic (exact) mass is 513 g/mol. The number of ether oxygens (including phenoxy) is 3. The Morgan fingerprint density at radius 1 is 0.462 bits per heavy atom. The van der Waals surface area contributed by atoms with Gasteiger partial charge in [-0.3, -0.25) is 0 Å². The summed E-state index contributed by atoms with van der Waals surface area (Å²) in [7, 11) is 0. The van der Waals surface area contributed by atoms with Crippen molar-refractivity contribution in [2.24, 2.45) is 0 Å². The Morgan fingerprint density at radius 3 is 1.03 bits per heavy atom. The molecule has 0 bridgehead atoms. The van der Waals surface area contributed by atoms with Crippen molar-refractivity contribution >= 4 is 65.4 Å². The van der Waals surface area contributed by atoms with Crippen LogP contribution in [0.3, 0.4) is 0 Å². The van der Waals surface area contributed by atoms with E-state index in [2.05, 4.69) is 86.5 Å². The van der Waals surface area contributed by atoms with Crippen molar-refractivity contribution in [1.82, 2.24) is 13.7 Å². The molecule has 39 heavy (non-hydrogen) atoms. The van der Waals surface area contributed by atoms with Crippen molar-refractivity contribution in [3.8, 4) is 0 Å². The standard InChI is InChI=1S/C33H27N3O3/c1-4-10-25-22(7-1)28-31(34(25)13-19-16-37-19)29-24-9-3-6-12-27(24)36(15-21-18-39-21)33(29)30-23-8-2-5-11-26(23)35(32(28)30)14-20-17-38-20/h1-12,19-21H,13-18H2. The highest BCUT2D eigenvalue weighted by Gasteiger charge is 2.33. The maximum absolute atomic E-state index is 5.80. The molecule has 3 atom stereocenters. The van der Waals surface area contributed by atoms with E-state index in [9.17, 15) is 0 Å². The lowest BCUT2D eigenvalue weighted by molar-refractivity contribution is 0.387. The molecule has 0 aliphatic carbocycles. The number of rotatable bonds is 6. The summed E-state index contributed by atoms with van der Waals surface area (Å²) in [6, 6.07) is 26.8. The summed E-state index contributed by atoms with van der Waals surface area (Å²) in [5, 5.41) is 7.96. The molecule has 3 fully saturated rings. The van der Waals surface area contributed by atoms with Crippen LogP contribution in [0.25, 0.3) is 65.4 Å². The topological polar surface area (TPSA) is 52.4 Å². The maximum Gasteiger partial charge on any atom is 0.0988 e. The molecule has 6 heteroatoms. The quantitative estimate of drug-likeness (QED) is 0.249. The number of para-hydroxylation sites is 3. The van der Waals surface area contributed by atoms with Gasteiger partial charge in [-0.2, -0.15) is 0 Å². The summed E-state index contributed by atoms with van der Waals surface area (Å²) in [5.74, 6) is 0. The summed E-state index contributed by atoms with van der Waals surface area (Å²) in [6.45, 7) is 5.09. The molecule has 7 aromatic rings. The third kappa shape index (κ3) is 2.91. The third-order valence-electron chi connectivity index (χ3n) is 8.99. The molecular weight excluding hydrogens is 486 g/mol. The van der Waals surface area contributed by atoms with Crippen molar-refractivity contribution in [2.45, 2.75) is 37.9 Å². The molecule has 0 spiro atoms. The van der Waals surface area contributed by atoms with Gasteiger partial charge in [-0.25, -0.2) is 0 Å². The second-order valence-electron chi connectivity index (χ2n) is 11.4. The van der Waals surface area contributed by atoms with Crippen LogP contribution in [0.1, 0.15) is 0 Å². The van der Waals surface area contributed by atoms with Gasteiger partial charge in [0.1, 0.15) is 0 Å². The van der Waals surface area contributed by atoms with Crippen LogP contribution < -0.4 is 0 Å². The normalized spacial score (nSPS) is 22.3. The van der Waals surface area contributed by atoms with Crippen LogP contribution in [0.2, 0.25) is 0 Å². The lowest BCUT2D eigenvalue weighted by atomic mass is 10.0. The van der Waals surface area contributed by atoms with Crippen LogP contribution in [-0.2, 0) is 33.8 Å². The minimum absolute atomic E-state index is 0.272. The van der Waals surface area contributed by atoms with E-state index in [1.165, 1.54) is 65.4 Å². The summed E-state index contributed by atoms with van der Waals surface area (Å²) in [6.07, 6.45) is 0.816. The third-order valence-corrected chi connectivity index (χ3v) is 8.99. The molecule has 6 nitrogen and oxygen atoms in total. The number of benzene rings is 4. The minimum atomic E-state index is 0.272. The molecule has 6 heterocycles. The Balaban J connectivity index is 1.53. The molecule has 0 radical (unpaired) electrons. The van der Waals surface area contributed by atoms with Crippen molar-refractivity contribution in [3.63, 3.8) is 0 Å². The van der Waals surface area contributed by atoms with Crippen LogP contribution in [0, 0.1) is 0 Å². The molecule has 192 valence electrons. The average molecular weight is 514 g/mol. The molecule has 3 aliphatic rings. The van der Waals surface area contributed by atoms with E-state index < -0.39 is 0 Å². The van der Waals surface area contributed by atoms with Gasteiger partial charge in [0, 0.05) is 48.9 Å². The summed E-state index contributed by atoms with van der Waals surface area (Å²) in [4.78, 5) is 0. The van der Waals surface area contributed by atoms with Crippen LogP contribution in [0.5, 0.6) is 0 Å². The van der Waals surface area contributed by atoms with Gasteiger partial charge in [0.05, 0.1) is 74.3 Å². The van der Waals surface area contributed by atoms with Gasteiger partial charge in [-0.15, -0.1) is 0 Å². The molecule has 3 unspecified atom stereocenters. The molecule has 3 aromatic heterocycles. The average Bonchev–Trinajstić information content (AvgIpc) is 3.87. The second-order valence-corrected chi connectivity index (χ2v) is 11.4. The number of fused-ring (bicyclic) bond motifs is 12. The van der Waals surface area contributed by atoms with Crippen molar-refractivity contribution in [3.05, 3.63) is 72.8 Å². The van der Waals surface area contributed by atoms with Gasteiger partial charge >= 0.3 is 0 Å². The van der Waals surface area contributed by atoms with Gasteiger partial charge in [0.15, 0.2) is 0 Å². The van der Waals surface area contributed by atoms with Crippen LogP contribution >= 0.6 is 0 Å². The van der Waals surface area contributed by atoms with Crippen LogP contribution in [-0.4, -0.2) is 51.8 Å². The SMILES string of the molecule is c1ccc2c(c1)c1c(c3c4ccccc4n(CC4CO4)c3c3c4ccccc4n(CC4CO4)c13)n2CC1CO1. The zero-order valence-electron chi connectivity index (χ0n) is 21.5. The first-order valence-corrected chi connectivity index (χ1v) is 14.0. The van der Waals surface area contributed by atoms with Crippen molar-refractivity contribution < 1.29 is 14.2 Å². The highest BCUT2D eigenvalue weighted by atomic mass is 16.6. The maximum atomic E-state index is 5.80. The van der Waals surface area contributed by atoms with Gasteiger partial charge in [-0.1, -0.05) is 54.6 Å². The van der Waals surface area contributed by atoms with E-state index in [0.717, 1.165) is 39.5 Å². The fraction of sp³-hybridized carbons (Fsp3) is 0.273. The predicted octanol–water partition coefficient (Wildman–Crippen LogP) is 6.21. The Kier molecular flexibility index (Phi) is 4.00. The zero-order valence-corrected chi connectivity index (χ0v) is 21.5. The molecule has 4 aromatic carbocycles. The van der Waals surface area contributed by atoms with E-state index in [1.54, 1.807) is 0 Å². The lowest BCUT2D eigenvalue weighted by Gasteiger charge is -2.12. The van der Waals surface area contributed by atoms with Gasteiger partial charge in [0.2, 0.25) is 0 Å². The molecule has 0 N–H and O–H groups in total. The van der Waals surface area contributed by atoms with Gasteiger partial charge in [0.25, 0.3) is 0 Å². The highest BCUT2D eigenvalue weighted by Crippen LogP contribution is 2.48. The summed E-state index contributed by atoms with van der Waals surface area (Å²) < 4.78 is 25.0. The molecular formula is C33H27N3O3. The fourth-order valence-corrected chi connectivity index (χ4v) is 7.11. The Labute approximate surface area is 223 Å². The first-order valence-electron chi connectivity index (χ1n) is 14.0. The molecule has 0 amide bonds. The molecule has 10 rings (SSSR count).